The van der Waals surface area contributed by atoms with Gasteiger partial charge in [-0.3, -0.25) is 0 Å². The number of halogens is 4. The first kappa shape index (κ1) is 17.8. The van der Waals surface area contributed by atoms with Gasteiger partial charge in [0.1, 0.15) is 0 Å². The lowest BCUT2D eigenvalue weighted by Gasteiger charge is -2.09. The summed E-state index contributed by atoms with van der Waals surface area (Å²) >= 11 is 20.0. The standard InChI is InChI=1S/C4H8Cl4O6P2/c5-11-15(12-6)9-3-1-2-4-10-16(13-7)14-8/h1-4H2. The van der Waals surface area contributed by atoms with Crippen LogP contribution in [0, 0.1) is 0 Å². The lowest BCUT2D eigenvalue weighted by Crippen LogP contribution is -1.95. The highest BCUT2D eigenvalue weighted by atomic mass is 35.5. The van der Waals surface area contributed by atoms with E-state index in [1.165, 1.54) is 0 Å². The maximum atomic E-state index is 5.00. The van der Waals surface area contributed by atoms with Crippen molar-refractivity contribution in [2.45, 2.75) is 12.8 Å². The molecule has 0 saturated carbocycles. The van der Waals surface area contributed by atoms with Crippen LogP contribution in [0.5, 0.6) is 0 Å². The summed E-state index contributed by atoms with van der Waals surface area (Å²) in [5.41, 5.74) is 0. The lowest BCUT2D eigenvalue weighted by atomic mass is 10.3. The molecule has 6 nitrogen and oxygen atoms in total. The van der Waals surface area contributed by atoms with Crippen LogP contribution in [0.4, 0.5) is 0 Å². The third kappa shape index (κ3) is 9.77. The minimum Gasteiger partial charge on any atom is -0.310 e. The zero-order valence-electron chi connectivity index (χ0n) is 7.68. The van der Waals surface area contributed by atoms with Crippen LogP contribution >= 0.6 is 64.7 Å². The zero-order chi connectivity index (χ0) is 12.2. The molecule has 0 aliphatic carbocycles. The Hall–Kier alpha value is 1.78. The summed E-state index contributed by atoms with van der Waals surface area (Å²) in [6.07, 6.45) is 1.35. The second-order valence-electron chi connectivity index (χ2n) is 2.10. The van der Waals surface area contributed by atoms with Gasteiger partial charge in [-0.05, 0) is 12.8 Å². The van der Waals surface area contributed by atoms with E-state index in [-0.39, 0.29) is 0 Å². The van der Waals surface area contributed by atoms with Crippen LogP contribution in [0.1, 0.15) is 12.8 Å². The molecular weight excluding hydrogens is 348 g/mol. The number of hydrogen-bond acceptors (Lipinski definition) is 6. The van der Waals surface area contributed by atoms with Gasteiger partial charge in [0.2, 0.25) is 0 Å². The predicted octanol–water partition coefficient (Wildman–Crippen LogP) is 4.94. The highest BCUT2D eigenvalue weighted by Gasteiger charge is 2.12. The first-order valence-corrected chi connectivity index (χ1v) is 7.22. The molecule has 0 amide bonds. The van der Waals surface area contributed by atoms with Crippen LogP contribution in [0.15, 0.2) is 0 Å². The fourth-order valence-corrected chi connectivity index (χ4v) is 2.33. The summed E-state index contributed by atoms with van der Waals surface area (Å²) < 4.78 is 26.9. The first-order chi connectivity index (χ1) is 7.78. The van der Waals surface area contributed by atoms with Crippen molar-refractivity contribution >= 4 is 64.7 Å². The average molecular weight is 356 g/mol. The number of unbranched alkanes of at least 4 members (excludes halogenated alkanes) is 1. The maximum absolute atomic E-state index is 5.00. The summed E-state index contributed by atoms with van der Waals surface area (Å²) in [5.74, 6) is 0. The van der Waals surface area contributed by atoms with Gasteiger partial charge in [-0.1, -0.05) is 0 Å². The van der Waals surface area contributed by atoms with E-state index in [2.05, 4.69) is 16.3 Å². The molecule has 0 atom stereocenters. The van der Waals surface area contributed by atoms with Crippen molar-refractivity contribution in [3.05, 3.63) is 0 Å². The SMILES string of the molecule is ClOP(OCl)OCCCCOP(OCl)OCl. The molecule has 0 aromatic carbocycles. The molecule has 98 valence electrons. The summed E-state index contributed by atoms with van der Waals surface area (Å²) in [6, 6.07) is 0. The first-order valence-electron chi connectivity index (χ1n) is 3.79. The minimum atomic E-state index is -1.69. The fraction of sp³-hybridized carbons (Fsp3) is 1.00. The van der Waals surface area contributed by atoms with Crippen LogP contribution < -0.4 is 0 Å². The Labute approximate surface area is 116 Å². The highest BCUT2D eigenvalue weighted by Crippen LogP contribution is 2.43. The van der Waals surface area contributed by atoms with Gasteiger partial charge in [-0.15, -0.1) is 0 Å². The zero-order valence-corrected chi connectivity index (χ0v) is 12.5. The van der Waals surface area contributed by atoms with Crippen molar-refractivity contribution in [1.82, 2.24) is 0 Å². The third-order valence-corrected chi connectivity index (χ3v) is 3.75. The summed E-state index contributed by atoms with van der Waals surface area (Å²) in [4.78, 5) is 0. The quantitative estimate of drug-likeness (QED) is 0.386. The average Bonchev–Trinajstić information content (AvgIpc) is 2.33. The number of hydrogen-bond donors (Lipinski definition) is 0. The van der Waals surface area contributed by atoms with Crippen LogP contribution in [-0.2, 0) is 25.4 Å². The van der Waals surface area contributed by atoms with Crippen LogP contribution in [-0.4, -0.2) is 13.2 Å². The van der Waals surface area contributed by atoms with Gasteiger partial charge in [0.15, 0.2) is 0 Å². The molecule has 0 saturated heterocycles. The van der Waals surface area contributed by atoms with Crippen molar-refractivity contribution in [2.75, 3.05) is 13.2 Å². The lowest BCUT2D eigenvalue weighted by molar-refractivity contribution is 0.237. The number of rotatable bonds is 11. The van der Waals surface area contributed by atoms with Gasteiger partial charge < -0.3 is 9.05 Å². The molecule has 0 N–H and O–H groups in total. The maximum Gasteiger partial charge on any atom is 0.368 e. The summed E-state index contributed by atoms with van der Waals surface area (Å²) in [5, 5.41) is 0. The van der Waals surface area contributed by atoms with Gasteiger partial charge in [0.25, 0.3) is 0 Å². The van der Waals surface area contributed by atoms with Crippen LogP contribution in [0.25, 0.3) is 0 Å². The van der Waals surface area contributed by atoms with E-state index in [0.29, 0.717) is 26.1 Å². The molecule has 12 heteroatoms. The molecule has 0 spiro atoms. The van der Waals surface area contributed by atoms with Crippen LogP contribution in [0.2, 0.25) is 0 Å². The molecule has 0 radical (unpaired) electrons. The molecule has 0 heterocycles. The Morgan fingerprint density at radius 3 is 1.19 bits per heavy atom. The van der Waals surface area contributed by atoms with E-state index in [9.17, 15) is 0 Å². The molecule has 0 unspecified atom stereocenters. The minimum absolute atomic E-state index is 0.357. The molecular formula is C4H8Cl4O6P2. The van der Waals surface area contributed by atoms with Gasteiger partial charge in [-0.2, -0.15) is 16.3 Å². The normalized spacial score (nSPS) is 11.6. The summed E-state index contributed by atoms with van der Waals surface area (Å²) in [7, 11) is -3.39. The van der Waals surface area contributed by atoms with Crippen molar-refractivity contribution in [3.63, 3.8) is 0 Å². The Bertz CT molecular complexity index is 134. The Morgan fingerprint density at radius 2 is 0.938 bits per heavy atom. The van der Waals surface area contributed by atoms with E-state index >= 15 is 0 Å². The molecule has 16 heavy (non-hydrogen) atoms. The van der Waals surface area contributed by atoms with E-state index in [1.54, 1.807) is 0 Å². The second-order valence-corrected chi connectivity index (χ2v) is 5.72. The molecule has 0 aliphatic rings. The molecule has 0 fully saturated rings. The van der Waals surface area contributed by atoms with E-state index in [0.717, 1.165) is 0 Å². The van der Waals surface area contributed by atoms with Crippen LogP contribution in [0.3, 0.4) is 0 Å². The predicted molar refractivity (Wildman–Crippen MR) is 62.7 cm³/mol. The molecule has 0 bridgehead atoms. The third-order valence-electron chi connectivity index (χ3n) is 1.16. The molecule has 0 rings (SSSR count). The molecule has 0 aromatic rings. The second kappa shape index (κ2) is 13.2. The van der Waals surface area contributed by atoms with Gasteiger partial charge >= 0.3 is 17.2 Å². The Balaban J connectivity index is 3.26. The van der Waals surface area contributed by atoms with Crippen molar-refractivity contribution in [3.8, 4) is 0 Å². The van der Waals surface area contributed by atoms with Crippen molar-refractivity contribution < 1.29 is 25.4 Å². The molecule has 0 aliphatic heterocycles. The Kier molecular flexibility index (Phi) is 14.7. The van der Waals surface area contributed by atoms with Gasteiger partial charge in [0, 0.05) is 0 Å². The van der Waals surface area contributed by atoms with Gasteiger partial charge in [-0.25, -0.2) is 0 Å². The smallest absolute Gasteiger partial charge is 0.310 e. The van der Waals surface area contributed by atoms with Crippen molar-refractivity contribution in [2.24, 2.45) is 0 Å². The topological polar surface area (TPSA) is 55.4 Å². The molecule has 0 aromatic heterocycles. The summed E-state index contributed by atoms with van der Waals surface area (Å²) in [6.45, 7) is 0.714. The fourth-order valence-electron chi connectivity index (χ4n) is 0.583. The largest absolute Gasteiger partial charge is 0.368 e. The van der Waals surface area contributed by atoms with Crippen molar-refractivity contribution in [1.29, 1.82) is 0 Å². The van der Waals surface area contributed by atoms with E-state index in [4.69, 9.17) is 56.5 Å². The Morgan fingerprint density at radius 1 is 0.625 bits per heavy atom. The monoisotopic (exact) mass is 354 g/mol. The van der Waals surface area contributed by atoms with E-state index < -0.39 is 17.2 Å². The van der Waals surface area contributed by atoms with E-state index in [1.807, 2.05) is 0 Å². The van der Waals surface area contributed by atoms with Gasteiger partial charge in [0.05, 0.1) is 60.7 Å². The highest BCUT2D eigenvalue weighted by molar-refractivity contribution is 7.44.